The van der Waals surface area contributed by atoms with Crippen LogP contribution < -0.4 is 5.32 Å². The summed E-state index contributed by atoms with van der Waals surface area (Å²) in [6, 6.07) is 17.6. The summed E-state index contributed by atoms with van der Waals surface area (Å²) in [6.07, 6.45) is 0. The second-order valence-corrected chi connectivity index (χ2v) is 5.43. The van der Waals surface area contributed by atoms with Gasteiger partial charge in [0.1, 0.15) is 0 Å². The molecule has 0 saturated heterocycles. The van der Waals surface area contributed by atoms with Gasteiger partial charge in [-0.05, 0) is 59.8 Å². The summed E-state index contributed by atoms with van der Waals surface area (Å²) in [5.41, 5.74) is 3.91. The van der Waals surface area contributed by atoms with Gasteiger partial charge in [-0.2, -0.15) is 0 Å². The van der Waals surface area contributed by atoms with Crippen molar-refractivity contribution in [2.75, 3.05) is 7.05 Å². The van der Waals surface area contributed by atoms with E-state index in [9.17, 15) is 0 Å². The first-order valence-electron chi connectivity index (χ1n) is 5.70. The molecule has 2 heteroatoms. The van der Waals surface area contributed by atoms with Crippen LogP contribution in [0.3, 0.4) is 0 Å². The van der Waals surface area contributed by atoms with Gasteiger partial charge in [-0.3, -0.25) is 0 Å². The van der Waals surface area contributed by atoms with E-state index in [2.05, 4.69) is 83.4 Å². The normalized spacial score (nSPS) is 12.4. The van der Waals surface area contributed by atoms with E-state index in [1.165, 1.54) is 20.3 Å². The highest BCUT2D eigenvalue weighted by Crippen LogP contribution is 2.23. The van der Waals surface area contributed by atoms with Crippen molar-refractivity contribution >= 4 is 22.6 Å². The van der Waals surface area contributed by atoms with Gasteiger partial charge in [-0.1, -0.05) is 42.0 Å². The number of halogens is 1. The molecule has 0 spiro atoms. The lowest BCUT2D eigenvalue weighted by Crippen LogP contribution is -2.17. The zero-order chi connectivity index (χ0) is 12.3. The Morgan fingerprint density at radius 2 is 1.71 bits per heavy atom. The van der Waals surface area contributed by atoms with Crippen molar-refractivity contribution in [2.24, 2.45) is 0 Å². The van der Waals surface area contributed by atoms with Gasteiger partial charge in [0.25, 0.3) is 0 Å². The maximum Gasteiger partial charge on any atom is 0.0574 e. The molecule has 1 N–H and O–H groups in total. The average molecular weight is 337 g/mol. The lowest BCUT2D eigenvalue weighted by atomic mass is 9.98. The second-order valence-electron chi connectivity index (χ2n) is 4.19. The topological polar surface area (TPSA) is 12.0 Å². The standard InChI is InChI=1S/C15H16IN/c1-11-6-8-12(9-7-11)15(17-2)13-4-3-5-14(16)10-13/h3-10,15,17H,1-2H3. The molecule has 1 atom stereocenters. The van der Waals surface area contributed by atoms with Crippen LogP contribution in [0.1, 0.15) is 22.7 Å². The molecule has 0 aliphatic heterocycles. The highest BCUT2D eigenvalue weighted by molar-refractivity contribution is 14.1. The fourth-order valence-electron chi connectivity index (χ4n) is 1.97. The Hall–Kier alpha value is -0.870. The van der Waals surface area contributed by atoms with Crippen LogP contribution in [0.15, 0.2) is 48.5 Å². The maximum atomic E-state index is 3.38. The van der Waals surface area contributed by atoms with Gasteiger partial charge in [0, 0.05) is 3.57 Å². The predicted molar refractivity (Wildman–Crippen MR) is 81.2 cm³/mol. The van der Waals surface area contributed by atoms with Crippen LogP contribution in [-0.2, 0) is 0 Å². The Bertz CT molecular complexity index is 491. The molecule has 1 nitrogen and oxygen atoms in total. The molecule has 2 aromatic carbocycles. The van der Waals surface area contributed by atoms with E-state index in [1.807, 2.05) is 7.05 Å². The highest BCUT2D eigenvalue weighted by Gasteiger charge is 2.11. The first kappa shape index (κ1) is 12.6. The molecule has 0 amide bonds. The summed E-state index contributed by atoms with van der Waals surface area (Å²) in [6.45, 7) is 2.11. The van der Waals surface area contributed by atoms with Crippen molar-refractivity contribution in [2.45, 2.75) is 13.0 Å². The Morgan fingerprint density at radius 3 is 2.29 bits per heavy atom. The largest absolute Gasteiger partial charge is 0.309 e. The average Bonchev–Trinajstić information content (AvgIpc) is 2.33. The molecular formula is C15H16IN. The first-order chi connectivity index (χ1) is 8.20. The first-order valence-corrected chi connectivity index (χ1v) is 6.78. The van der Waals surface area contributed by atoms with E-state index < -0.39 is 0 Å². The number of benzene rings is 2. The van der Waals surface area contributed by atoms with E-state index in [1.54, 1.807) is 0 Å². The van der Waals surface area contributed by atoms with Crippen LogP contribution in [0.5, 0.6) is 0 Å². The van der Waals surface area contributed by atoms with Crippen LogP contribution in [0.4, 0.5) is 0 Å². The third-order valence-corrected chi connectivity index (χ3v) is 3.55. The maximum absolute atomic E-state index is 3.38. The number of hydrogen-bond acceptors (Lipinski definition) is 1. The zero-order valence-electron chi connectivity index (χ0n) is 10.1. The molecule has 88 valence electrons. The lowest BCUT2D eigenvalue weighted by molar-refractivity contribution is 0.691. The monoisotopic (exact) mass is 337 g/mol. The van der Waals surface area contributed by atoms with Crippen LogP contribution in [0, 0.1) is 10.5 Å². The fraction of sp³-hybridized carbons (Fsp3) is 0.200. The van der Waals surface area contributed by atoms with Gasteiger partial charge in [0.2, 0.25) is 0 Å². The lowest BCUT2D eigenvalue weighted by Gasteiger charge is -2.17. The molecule has 0 aromatic heterocycles. The van der Waals surface area contributed by atoms with Crippen molar-refractivity contribution in [1.29, 1.82) is 0 Å². The molecule has 2 aromatic rings. The van der Waals surface area contributed by atoms with Crippen LogP contribution >= 0.6 is 22.6 Å². The van der Waals surface area contributed by atoms with E-state index in [0.29, 0.717) is 0 Å². The van der Waals surface area contributed by atoms with Gasteiger partial charge in [0.05, 0.1) is 6.04 Å². The Kier molecular flexibility index (Phi) is 4.18. The third-order valence-electron chi connectivity index (χ3n) is 2.88. The fourth-order valence-corrected chi connectivity index (χ4v) is 2.54. The van der Waals surface area contributed by atoms with Crippen molar-refractivity contribution in [3.05, 3.63) is 68.8 Å². The minimum atomic E-state index is 0.269. The molecule has 0 radical (unpaired) electrons. The smallest absolute Gasteiger partial charge is 0.0574 e. The van der Waals surface area contributed by atoms with E-state index >= 15 is 0 Å². The minimum absolute atomic E-state index is 0.269. The minimum Gasteiger partial charge on any atom is -0.309 e. The number of nitrogens with one attached hydrogen (secondary N) is 1. The Morgan fingerprint density at radius 1 is 1.00 bits per heavy atom. The van der Waals surface area contributed by atoms with Crippen LogP contribution in [0.25, 0.3) is 0 Å². The molecule has 0 aliphatic carbocycles. The molecule has 1 unspecified atom stereocenters. The van der Waals surface area contributed by atoms with Crippen LogP contribution in [0.2, 0.25) is 0 Å². The molecular weight excluding hydrogens is 321 g/mol. The number of hydrogen-bond donors (Lipinski definition) is 1. The van der Waals surface area contributed by atoms with Gasteiger partial charge in [0.15, 0.2) is 0 Å². The molecule has 17 heavy (non-hydrogen) atoms. The summed E-state index contributed by atoms with van der Waals surface area (Å²) < 4.78 is 1.27. The SMILES string of the molecule is CNC(c1ccc(C)cc1)c1cccc(I)c1. The van der Waals surface area contributed by atoms with Gasteiger partial charge in [-0.25, -0.2) is 0 Å². The zero-order valence-corrected chi connectivity index (χ0v) is 12.2. The number of aryl methyl sites for hydroxylation is 1. The Balaban J connectivity index is 2.36. The van der Waals surface area contributed by atoms with E-state index in [4.69, 9.17) is 0 Å². The molecule has 0 saturated carbocycles. The van der Waals surface area contributed by atoms with Crippen molar-refractivity contribution in [1.82, 2.24) is 5.32 Å². The number of rotatable bonds is 3. The highest BCUT2D eigenvalue weighted by atomic mass is 127. The molecule has 0 bridgehead atoms. The predicted octanol–water partition coefficient (Wildman–Crippen LogP) is 3.91. The molecule has 2 rings (SSSR count). The summed E-state index contributed by atoms with van der Waals surface area (Å²) >= 11 is 2.35. The Labute approximate surface area is 116 Å². The van der Waals surface area contributed by atoms with Gasteiger partial charge < -0.3 is 5.32 Å². The van der Waals surface area contributed by atoms with Gasteiger partial charge in [-0.15, -0.1) is 0 Å². The quantitative estimate of drug-likeness (QED) is 0.838. The van der Waals surface area contributed by atoms with E-state index in [-0.39, 0.29) is 6.04 Å². The van der Waals surface area contributed by atoms with Crippen molar-refractivity contribution in [3.8, 4) is 0 Å². The van der Waals surface area contributed by atoms with Crippen molar-refractivity contribution < 1.29 is 0 Å². The summed E-state index contributed by atoms with van der Waals surface area (Å²) in [5, 5.41) is 3.38. The molecule has 0 fully saturated rings. The van der Waals surface area contributed by atoms with Crippen LogP contribution in [-0.4, -0.2) is 7.05 Å². The van der Waals surface area contributed by atoms with Gasteiger partial charge >= 0.3 is 0 Å². The van der Waals surface area contributed by atoms with E-state index in [0.717, 1.165) is 0 Å². The third kappa shape index (κ3) is 3.07. The summed E-state index contributed by atoms with van der Waals surface area (Å²) in [4.78, 5) is 0. The molecule has 0 aliphatic rings. The summed E-state index contributed by atoms with van der Waals surface area (Å²) in [5.74, 6) is 0. The molecule has 0 heterocycles. The second kappa shape index (κ2) is 5.65. The van der Waals surface area contributed by atoms with Crippen molar-refractivity contribution in [3.63, 3.8) is 0 Å². The summed E-state index contributed by atoms with van der Waals surface area (Å²) in [7, 11) is 2.00.